The molecule has 21 heavy (non-hydrogen) atoms. The van der Waals surface area contributed by atoms with E-state index in [9.17, 15) is 13.2 Å². The number of halogens is 5. The summed E-state index contributed by atoms with van der Waals surface area (Å²) in [4.78, 5) is 3.29. The summed E-state index contributed by atoms with van der Waals surface area (Å²) in [6.07, 6.45) is -3.30. The van der Waals surface area contributed by atoms with Gasteiger partial charge in [-0.3, -0.25) is 0 Å². The van der Waals surface area contributed by atoms with E-state index in [4.69, 9.17) is 23.2 Å². The number of nitrogens with zero attached hydrogens (tertiary/aromatic N) is 4. The Labute approximate surface area is 127 Å². The minimum Gasteiger partial charge on any atom is -0.243 e. The van der Waals surface area contributed by atoms with Gasteiger partial charge in [0.25, 0.3) is 5.82 Å². The van der Waals surface area contributed by atoms with E-state index in [1.54, 1.807) is 18.2 Å². The van der Waals surface area contributed by atoms with E-state index in [0.29, 0.717) is 15.6 Å². The largest absolute Gasteiger partial charge is 0.453 e. The first-order chi connectivity index (χ1) is 9.79. The van der Waals surface area contributed by atoms with Gasteiger partial charge in [-0.25, -0.2) is 10.1 Å². The molecule has 1 heterocycles. The van der Waals surface area contributed by atoms with Gasteiger partial charge in [0.05, 0.1) is 16.3 Å². The molecule has 2 rings (SSSR count). The molecule has 0 fully saturated rings. The standard InChI is InChI=1S/C11H8Cl2F3N5/c1-21(10-18-9(19-20-10)11(14,15)16)17-5-6-7(12)3-2-4-8(6)13/h2-5H,1H3,(H,18,19,20). The summed E-state index contributed by atoms with van der Waals surface area (Å²) in [5, 5.41) is 11.0. The lowest BCUT2D eigenvalue weighted by Gasteiger charge is -2.08. The summed E-state index contributed by atoms with van der Waals surface area (Å²) in [5.41, 5.74) is 0.447. The molecule has 2 aromatic rings. The van der Waals surface area contributed by atoms with E-state index in [1.165, 1.54) is 13.3 Å². The Morgan fingerprint density at radius 3 is 2.43 bits per heavy atom. The number of rotatable bonds is 3. The summed E-state index contributed by atoms with van der Waals surface area (Å²) < 4.78 is 37.2. The van der Waals surface area contributed by atoms with Gasteiger partial charge in [-0.1, -0.05) is 29.3 Å². The summed E-state index contributed by atoms with van der Waals surface area (Å²) >= 11 is 11.9. The summed E-state index contributed by atoms with van der Waals surface area (Å²) in [5.74, 6) is -1.43. The zero-order valence-corrected chi connectivity index (χ0v) is 12.0. The second kappa shape index (κ2) is 5.90. The number of benzene rings is 1. The van der Waals surface area contributed by atoms with Crippen LogP contribution in [0.5, 0.6) is 0 Å². The molecule has 0 saturated carbocycles. The fourth-order valence-corrected chi connectivity index (χ4v) is 1.85. The van der Waals surface area contributed by atoms with Crippen molar-refractivity contribution >= 4 is 35.4 Å². The predicted octanol–water partition coefficient (Wildman–Crippen LogP) is 3.60. The molecule has 0 aliphatic heterocycles. The highest BCUT2D eigenvalue weighted by Gasteiger charge is 2.36. The summed E-state index contributed by atoms with van der Waals surface area (Å²) in [6.45, 7) is 0. The molecule has 1 aromatic heterocycles. The molecular formula is C11H8Cl2F3N5. The maximum atomic E-state index is 12.4. The topological polar surface area (TPSA) is 57.2 Å². The minimum absolute atomic E-state index is 0.165. The van der Waals surface area contributed by atoms with Crippen molar-refractivity contribution < 1.29 is 13.2 Å². The van der Waals surface area contributed by atoms with Crippen molar-refractivity contribution in [3.63, 3.8) is 0 Å². The highest BCUT2D eigenvalue weighted by atomic mass is 35.5. The molecule has 0 atom stereocenters. The molecule has 0 saturated heterocycles. The molecule has 5 nitrogen and oxygen atoms in total. The van der Waals surface area contributed by atoms with E-state index in [1.807, 2.05) is 0 Å². The van der Waals surface area contributed by atoms with Gasteiger partial charge in [-0.15, -0.1) is 5.10 Å². The van der Waals surface area contributed by atoms with E-state index in [0.717, 1.165) is 5.01 Å². The smallest absolute Gasteiger partial charge is 0.243 e. The number of anilines is 1. The molecule has 1 aromatic carbocycles. The lowest BCUT2D eigenvalue weighted by Crippen LogP contribution is -2.12. The van der Waals surface area contributed by atoms with E-state index < -0.39 is 12.0 Å². The SMILES string of the molecule is CN(N=Cc1c(Cl)cccc1Cl)c1nc(C(F)(F)F)n[nH]1. The Hall–Kier alpha value is -1.80. The van der Waals surface area contributed by atoms with Crippen molar-refractivity contribution in [2.75, 3.05) is 12.1 Å². The quantitative estimate of drug-likeness (QED) is 0.687. The van der Waals surface area contributed by atoms with E-state index in [2.05, 4.69) is 20.3 Å². The molecule has 0 unspecified atom stereocenters. The van der Waals surface area contributed by atoms with Crippen molar-refractivity contribution in [3.8, 4) is 0 Å². The van der Waals surface area contributed by atoms with Crippen LogP contribution in [-0.2, 0) is 6.18 Å². The number of H-pyrrole nitrogens is 1. The lowest BCUT2D eigenvalue weighted by atomic mass is 10.2. The summed E-state index contributed by atoms with van der Waals surface area (Å²) in [7, 11) is 1.40. The van der Waals surface area contributed by atoms with Gasteiger partial charge >= 0.3 is 6.18 Å². The second-order valence-corrected chi connectivity index (χ2v) is 4.70. The monoisotopic (exact) mass is 337 g/mol. The highest BCUT2D eigenvalue weighted by molar-refractivity contribution is 6.38. The fraction of sp³-hybridized carbons (Fsp3) is 0.182. The van der Waals surface area contributed by atoms with Gasteiger partial charge in [0.1, 0.15) is 0 Å². The molecular weight excluding hydrogens is 330 g/mol. The lowest BCUT2D eigenvalue weighted by molar-refractivity contribution is -0.144. The predicted molar refractivity (Wildman–Crippen MR) is 73.8 cm³/mol. The third-order valence-corrected chi connectivity index (χ3v) is 3.05. The minimum atomic E-state index is -4.62. The number of aromatic nitrogens is 3. The van der Waals surface area contributed by atoms with Crippen LogP contribution in [0.2, 0.25) is 10.0 Å². The molecule has 10 heteroatoms. The van der Waals surface area contributed by atoms with Crippen LogP contribution in [0.3, 0.4) is 0 Å². The van der Waals surface area contributed by atoms with Crippen LogP contribution in [0.15, 0.2) is 23.3 Å². The number of hydrogen-bond acceptors (Lipinski definition) is 4. The number of aromatic amines is 1. The van der Waals surface area contributed by atoms with Gasteiger partial charge < -0.3 is 0 Å². The maximum Gasteiger partial charge on any atom is 0.453 e. The van der Waals surface area contributed by atoms with E-state index in [-0.39, 0.29) is 5.95 Å². The van der Waals surface area contributed by atoms with Gasteiger partial charge in [0, 0.05) is 12.6 Å². The number of nitrogens with one attached hydrogen (secondary N) is 1. The number of alkyl halides is 3. The van der Waals surface area contributed by atoms with Crippen molar-refractivity contribution in [1.82, 2.24) is 15.2 Å². The Kier molecular flexibility index (Phi) is 4.38. The van der Waals surface area contributed by atoms with Crippen molar-refractivity contribution in [3.05, 3.63) is 39.6 Å². The van der Waals surface area contributed by atoms with Gasteiger partial charge in [-0.05, 0) is 12.1 Å². The van der Waals surface area contributed by atoms with Gasteiger partial charge in [-0.2, -0.15) is 23.3 Å². The molecule has 0 aliphatic carbocycles. The third kappa shape index (κ3) is 3.64. The van der Waals surface area contributed by atoms with Crippen molar-refractivity contribution in [2.24, 2.45) is 5.10 Å². The Bertz CT molecular complexity index is 648. The molecule has 0 spiro atoms. The third-order valence-electron chi connectivity index (χ3n) is 2.39. The van der Waals surface area contributed by atoms with Crippen LogP contribution in [0.1, 0.15) is 11.4 Å². The Balaban J connectivity index is 2.20. The molecule has 0 bridgehead atoms. The van der Waals surface area contributed by atoms with Crippen LogP contribution in [-0.4, -0.2) is 28.4 Å². The van der Waals surface area contributed by atoms with Gasteiger partial charge in [0.2, 0.25) is 5.95 Å². The van der Waals surface area contributed by atoms with Crippen LogP contribution in [0, 0.1) is 0 Å². The molecule has 112 valence electrons. The van der Waals surface area contributed by atoms with Gasteiger partial charge in [0.15, 0.2) is 0 Å². The van der Waals surface area contributed by atoms with Crippen LogP contribution >= 0.6 is 23.2 Å². The number of hydrazone groups is 1. The van der Waals surface area contributed by atoms with Crippen molar-refractivity contribution in [1.29, 1.82) is 0 Å². The Morgan fingerprint density at radius 1 is 1.29 bits per heavy atom. The molecule has 0 amide bonds. The first-order valence-corrected chi connectivity index (χ1v) is 6.26. The average Bonchev–Trinajstić information content (AvgIpc) is 2.87. The van der Waals surface area contributed by atoms with Crippen LogP contribution in [0.25, 0.3) is 0 Å². The molecule has 0 radical (unpaired) electrons. The van der Waals surface area contributed by atoms with Crippen LogP contribution in [0.4, 0.5) is 19.1 Å². The number of hydrogen-bond donors (Lipinski definition) is 1. The highest BCUT2D eigenvalue weighted by Crippen LogP contribution is 2.27. The zero-order chi connectivity index (χ0) is 15.6. The molecule has 0 aliphatic rings. The van der Waals surface area contributed by atoms with E-state index >= 15 is 0 Å². The zero-order valence-electron chi connectivity index (χ0n) is 10.5. The van der Waals surface area contributed by atoms with Crippen molar-refractivity contribution in [2.45, 2.75) is 6.18 Å². The normalized spacial score (nSPS) is 12.1. The van der Waals surface area contributed by atoms with Crippen LogP contribution < -0.4 is 5.01 Å². The average molecular weight is 338 g/mol. The fourth-order valence-electron chi connectivity index (χ4n) is 1.36. The summed E-state index contributed by atoms with van der Waals surface area (Å²) in [6, 6.07) is 4.90. The maximum absolute atomic E-state index is 12.4. The Morgan fingerprint density at radius 2 is 1.90 bits per heavy atom. The second-order valence-electron chi connectivity index (χ2n) is 3.88. The first-order valence-electron chi connectivity index (χ1n) is 5.50. The molecule has 1 N–H and O–H groups in total. The first kappa shape index (κ1) is 15.6.